The molecule has 0 radical (unpaired) electrons. The molecule has 5 nitrogen and oxygen atoms in total. The fourth-order valence-electron chi connectivity index (χ4n) is 1.28. The van der Waals surface area contributed by atoms with Gasteiger partial charge in [-0.2, -0.15) is 0 Å². The van der Waals surface area contributed by atoms with Crippen LogP contribution >= 0.6 is 0 Å². The highest BCUT2D eigenvalue weighted by Crippen LogP contribution is 2.17. The minimum Gasteiger partial charge on any atom is -0.481 e. The van der Waals surface area contributed by atoms with Gasteiger partial charge in [-0.15, -0.1) is 0 Å². The summed E-state index contributed by atoms with van der Waals surface area (Å²) in [6.07, 6.45) is 0.727. The molecule has 1 fully saturated rings. The maximum Gasteiger partial charge on any atom is 0.315 e. The predicted molar refractivity (Wildman–Crippen MR) is 48.8 cm³/mol. The van der Waals surface area contributed by atoms with Crippen molar-refractivity contribution in [3.05, 3.63) is 0 Å². The van der Waals surface area contributed by atoms with Gasteiger partial charge in [-0.1, -0.05) is 0 Å². The minimum atomic E-state index is -1.11. The van der Waals surface area contributed by atoms with Gasteiger partial charge in [0.15, 0.2) is 0 Å². The van der Waals surface area contributed by atoms with E-state index in [0.717, 1.165) is 6.42 Å². The van der Waals surface area contributed by atoms with Gasteiger partial charge in [0.05, 0.1) is 12.1 Å². The molecule has 0 spiro atoms. The van der Waals surface area contributed by atoms with E-state index in [2.05, 4.69) is 5.32 Å². The van der Waals surface area contributed by atoms with Crippen molar-refractivity contribution in [1.29, 1.82) is 0 Å². The third-order valence-electron chi connectivity index (χ3n) is 2.41. The molecule has 0 aromatic carbocycles. The monoisotopic (exact) mass is 201 g/mol. The molecule has 2 N–H and O–H groups in total. The van der Waals surface area contributed by atoms with Gasteiger partial charge in [0.25, 0.3) is 0 Å². The van der Waals surface area contributed by atoms with E-state index in [-0.39, 0.29) is 0 Å². The van der Waals surface area contributed by atoms with Crippen LogP contribution < -0.4 is 5.32 Å². The first-order valence-electron chi connectivity index (χ1n) is 4.57. The first kappa shape index (κ1) is 11.0. The van der Waals surface area contributed by atoms with Crippen LogP contribution in [-0.4, -0.2) is 35.7 Å². The van der Waals surface area contributed by atoms with Crippen molar-refractivity contribution in [2.24, 2.45) is 5.92 Å². The molecule has 14 heavy (non-hydrogen) atoms. The summed E-state index contributed by atoms with van der Waals surface area (Å²) in [5.41, 5.74) is -0.402. The first-order chi connectivity index (χ1) is 6.44. The summed E-state index contributed by atoms with van der Waals surface area (Å²) in [5, 5.41) is 11.3. The molecule has 1 heterocycles. The van der Waals surface area contributed by atoms with E-state index < -0.39 is 23.3 Å². The molecule has 0 aromatic rings. The number of carbonyl (C=O) groups is 2. The lowest BCUT2D eigenvalue weighted by atomic mass is 10.0. The zero-order chi connectivity index (χ0) is 10.8. The van der Waals surface area contributed by atoms with Gasteiger partial charge >= 0.3 is 5.97 Å². The van der Waals surface area contributed by atoms with Gasteiger partial charge in [-0.05, 0) is 20.3 Å². The van der Waals surface area contributed by atoms with Gasteiger partial charge in [-0.25, -0.2) is 0 Å². The molecule has 1 amide bonds. The maximum absolute atomic E-state index is 11.4. The molecule has 80 valence electrons. The molecule has 1 aliphatic rings. The predicted octanol–water partition coefficient (Wildman–Crippen LogP) is 0.00230. The number of hydrogen-bond acceptors (Lipinski definition) is 3. The number of rotatable bonds is 3. The average molecular weight is 201 g/mol. The number of ether oxygens (including phenoxy) is 1. The molecule has 0 bridgehead atoms. The van der Waals surface area contributed by atoms with Crippen LogP contribution in [0.25, 0.3) is 0 Å². The van der Waals surface area contributed by atoms with E-state index in [9.17, 15) is 9.59 Å². The normalized spacial score (nSPS) is 28.4. The second kappa shape index (κ2) is 3.96. The van der Waals surface area contributed by atoms with E-state index in [1.807, 2.05) is 6.92 Å². The number of amides is 1. The SMILES string of the molecule is CC(C(=O)O)C(=O)NC1(C)CCOC1. The van der Waals surface area contributed by atoms with Crippen molar-refractivity contribution in [2.75, 3.05) is 13.2 Å². The summed E-state index contributed by atoms with van der Waals surface area (Å²) < 4.78 is 5.14. The van der Waals surface area contributed by atoms with Crippen molar-refractivity contribution >= 4 is 11.9 Å². The van der Waals surface area contributed by atoms with E-state index in [4.69, 9.17) is 9.84 Å². The van der Waals surface area contributed by atoms with Gasteiger partial charge in [0.1, 0.15) is 5.92 Å². The van der Waals surface area contributed by atoms with E-state index >= 15 is 0 Å². The molecular formula is C9H15NO4. The van der Waals surface area contributed by atoms with Crippen LogP contribution in [0.15, 0.2) is 0 Å². The zero-order valence-corrected chi connectivity index (χ0v) is 8.37. The van der Waals surface area contributed by atoms with Crippen LogP contribution in [0.2, 0.25) is 0 Å². The average Bonchev–Trinajstić information content (AvgIpc) is 2.50. The molecule has 0 saturated carbocycles. The Balaban J connectivity index is 2.51. The number of carboxylic acids is 1. The molecule has 2 atom stereocenters. The fourth-order valence-corrected chi connectivity index (χ4v) is 1.28. The number of carbonyl (C=O) groups excluding carboxylic acids is 1. The molecule has 1 rings (SSSR count). The molecule has 1 saturated heterocycles. The topological polar surface area (TPSA) is 75.6 Å². The Morgan fingerprint density at radius 2 is 2.21 bits per heavy atom. The third kappa shape index (κ3) is 2.45. The minimum absolute atomic E-state index is 0.402. The van der Waals surface area contributed by atoms with Crippen LogP contribution in [0.1, 0.15) is 20.3 Å². The van der Waals surface area contributed by atoms with Crippen LogP contribution in [-0.2, 0) is 14.3 Å². The maximum atomic E-state index is 11.4. The van der Waals surface area contributed by atoms with E-state index in [1.165, 1.54) is 6.92 Å². The third-order valence-corrected chi connectivity index (χ3v) is 2.41. The highest BCUT2D eigenvalue weighted by molar-refractivity contribution is 5.96. The lowest BCUT2D eigenvalue weighted by Gasteiger charge is -2.24. The number of hydrogen-bond donors (Lipinski definition) is 2. The van der Waals surface area contributed by atoms with Crippen molar-refractivity contribution < 1.29 is 19.4 Å². The Kier molecular flexibility index (Phi) is 3.10. The van der Waals surface area contributed by atoms with Crippen molar-refractivity contribution in [3.8, 4) is 0 Å². The summed E-state index contributed by atoms with van der Waals surface area (Å²) in [4.78, 5) is 21.9. The lowest BCUT2D eigenvalue weighted by molar-refractivity contribution is -0.146. The number of nitrogens with one attached hydrogen (secondary N) is 1. The molecular weight excluding hydrogens is 186 g/mol. The highest BCUT2D eigenvalue weighted by Gasteiger charge is 2.33. The Bertz CT molecular complexity index is 245. The quantitative estimate of drug-likeness (QED) is 0.630. The summed E-state index contributed by atoms with van der Waals surface area (Å²) in [7, 11) is 0. The summed E-state index contributed by atoms with van der Waals surface area (Å²) in [5.74, 6) is -2.57. The lowest BCUT2D eigenvalue weighted by Crippen LogP contribution is -2.49. The zero-order valence-electron chi connectivity index (χ0n) is 8.37. The van der Waals surface area contributed by atoms with Gasteiger partial charge in [-0.3, -0.25) is 9.59 Å². The second-order valence-corrected chi connectivity index (χ2v) is 3.91. The summed E-state index contributed by atoms with van der Waals surface area (Å²) in [6.45, 7) is 4.28. The molecule has 1 aliphatic heterocycles. The largest absolute Gasteiger partial charge is 0.481 e. The van der Waals surface area contributed by atoms with Crippen LogP contribution in [0, 0.1) is 5.92 Å². The van der Waals surface area contributed by atoms with E-state index in [1.54, 1.807) is 0 Å². The fraction of sp³-hybridized carbons (Fsp3) is 0.778. The summed E-state index contributed by atoms with van der Waals surface area (Å²) >= 11 is 0. The van der Waals surface area contributed by atoms with Crippen molar-refractivity contribution in [1.82, 2.24) is 5.32 Å². The van der Waals surface area contributed by atoms with Crippen LogP contribution in [0.4, 0.5) is 0 Å². The van der Waals surface area contributed by atoms with Gasteiger partial charge in [0.2, 0.25) is 5.91 Å². The smallest absolute Gasteiger partial charge is 0.315 e. The Hall–Kier alpha value is -1.10. The summed E-state index contributed by atoms with van der Waals surface area (Å²) in [6, 6.07) is 0. The Labute approximate surface area is 82.4 Å². The van der Waals surface area contributed by atoms with E-state index in [0.29, 0.717) is 13.2 Å². The number of carboxylic acid groups (broad SMARTS) is 1. The van der Waals surface area contributed by atoms with Crippen LogP contribution in [0.5, 0.6) is 0 Å². The molecule has 5 heteroatoms. The van der Waals surface area contributed by atoms with Crippen LogP contribution in [0.3, 0.4) is 0 Å². The van der Waals surface area contributed by atoms with Gasteiger partial charge in [0, 0.05) is 6.61 Å². The molecule has 2 unspecified atom stereocenters. The Morgan fingerprint density at radius 1 is 1.57 bits per heavy atom. The van der Waals surface area contributed by atoms with Gasteiger partial charge < -0.3 is 15.2 Å². The standard InChI is InChI=1S/C9H15NO4/c1-6(8(12)13)7(11)10-9(2)3-4-14-5-9/h6H,3-5H2,1-2H3,(H,10,11)(H,12,13). The molecule has 0 aliphatic carbocycles. The van der Waals surface area contributed by atoms with Crippen molar-refractivity contribution in [3.63, 3.8) is 0 Å². The Morgan fingerprint density at radius 3 is 2.64 bits per heavy atom. The number of aliphatic carboxylic acids is 1. The second-order valence-electron chi connectivity index (χ2n) is 3.91. The molecule has 0 aromatic heterocycles. The highest BCUT2D eigenvalue weighted by atomic mass is 16.5. The van der Waals surface area contributed by atoms with Crippen molar-refractivity contribution in [2.45, 2.75) is 25.8 Å². The first-order valence-corrected chi connectivity index (χ1v) is 4.57.